The maximum absolute atomic E-state index is 12.9. The molecule has 0 aliphatic heterocycles. The number of nitrogens with zero attached hydrogens (tertiary/aromatic N) is 2. The highest BCUT2D eigenvalue weighted by Gasteiger charge is 2.13. The van der Waals surface area contributed by atoms with Crippen molar-refractivity contribution in [1.29, 1.82) is 5.26 Å². The number of amides is 1. The molecule has 4 rings (SSSR count). The largest absolute Gasteiger partial charge is 0.489 e. The van der Waals surface area contributed by atoms with E-state index in [0.29, 0.717) is 39.9 Å². The summed E-state index contributed by atoms with van der Waals surface area (Å²) < 4.78 is 11.7. The number of nitro benzene ring substituents is 1. The van der Waals surface area contributed by atoms with E-state index in [1.807, 2.05) is 37.3 Å². The van der Waals surface area contributed by atoms with Crippen LogP contribution in [-0.2, 0) is 18.0 Å². The number of hydrogen-bond acceptors (Lipinski definition) is 6. The lowest BCUT2D eigenvalue weighted by molar-refractivity contribution is -0.384. The van der Waals surface area contributed by atoms with Gasteiger partial charge in [0, 0.05) is 28.4 Å². The van der Waals surface area contributed by atoms with Crippen LogP contribution in [0, 0.1) is 28.4 Å². The van der Waals surface area contributed by atoms with E-state index in [1.54, 1.807) is 54.6 Å². The van der Waals surface area contributed by atoms with E-state index >= 15 is 0 Å². The maximum Gasteiger partial charge on any atom is 0.269 e. The molecular formula is C31H24ClN3O5. The molecule has 0 aromatic heterocycles. The van der Waals surface area contributed by atoms with Gasteiger partial charge in [0.05, 0.1) is 4.92 Å². The Kier molecular flexibility index (Phi) is 9.13. The van der Waals surface area contributed by atoms with Crippen LogP contribution in [0.5, 0.6) is 11.5 Å². The fourth-order valence-electron chi connectivity index (χ4n) is 3.67. The standard InChI is InChI=1S/C31H24ClN3O5/c1-21-5-7-22(8-6-21)19-39-29-12-10-27(11-13-29)34-31(36)25(18-33)16-24-17-26(32)9-14-30(24)40-20-23-3-2-4-28(15-23)35(37)38/h2-17H,19-20H2,1H3,(H,34,36)/b25-16+. The Morgan fingerprint density at radius 2 is 1.70 bits per heavy atom. The molecule has 0 unspecified atom stereocenters. The van der Waals surface area contributed by atoms with Gasteiger partial charge in [-0.05, 0) is 66.6 Å². The number of benzene rings is 4. The van der Waals surface area contributed by atoms with E-state index in [0.717, 1.165) is 5.56 Å². The molecule has 0 aliphatic rings. The summed E-state index contributed by atoms with van der Waals surface area (Å²) >= 11 is 6.16. The van der Waals surface area contributed by atoms with E-state index in [2.05, 4.69) is 5.32 Å². The third kappa shape index (κ3) is 7.69. The van der Waals surface area contributed by atoms with Gasteiger partial charge >= 0.3 is 0 Å². The van der Waals surface area contributed by atoms with E-state index in [-0.39, 0.29) is 17.9 Å². The summed E-state index contributed by atoms with van der Waals surface area (Å²) in [6.45, 7) is 2.48. The molecule has 0 heterocycles. The number of nitriles is 1. The van der Waals surface area contributed by atoms with E-state index in [1.165, 1.54) is 23.8 Å². The molecule has 0 saturated carbocycles. The van der Waals surface area contributed by atoms with Gasteiger partial charge in [-0.1, -0.05) is 53.6 Å². The Labute approximate surface area is 236 Å². The minimum Gasteiger partial charge on any atom is -0.489 e. The number of halogens is 1. The van der Waals surface area contributed by atoms with Crippen LogP contribution in [-0.4, -0.2) is 10.8 Å². The number of ether oxygens (including phenoxy) is 2. The number of rotatable bonds is 10. The first-order valence-electron chi connectivity index (χ1n) is 12.2. The number of nitro groups is 1. The van der Waals surface area contributed by atoms with Gasteiger partial charge in [-0.3, -0.25) is 14.9 Å². The van der Waals surface area contributed by atoms with Crippen LogP contribution in [0.1, 0.15) is 22.3 Å². The smallest absolute Gasteiger partial charge is 0.269 e. The Hall–Kier alpha value is -5.13. The summed E-state index contributed by atoms with van der Waals surface area (Å²) in [6.07, 6.45) is 1.38. The number of anilines is 1. The molecule has 40 heavy (non-hydrogen) atoms. The van der Waals surface area contributed by atoms with Crippen molar-refractivity contribution in [2.75, 3.05) is 5.32 Å². The van der Waals surface area contributed by atoms with Gasteiger partial charge in [-0.15, -0.1) is 0 Å². The second-order valence-corrected chi connectivity index (χ2v) is 9.26. The van der Waals surface area contributed by atoms with Crippen molar-refractivity contribution >= 4 is 35.0 Å². The highest BCUT2D eigenvalue weighted by atomic mass is 35.5. The molecule has 9 heteroatoms. The Bertz CT molecular complexity index is 1590. The average molecular weight is 554 g/mol. The van der Waals surface area contributed by atoms with E-state index in [9.17, 15) is 20.2 Å². The zero-order chi connectivity index (χ0) is 28.5. The molecule has 4 aromatic rings. The maximum atomic E-state index is 12.9. The van der Waals surface area contributed by atoms with Gasteiger partial charge in [0.15, 0.2) is 0 Å². The topological polar surface area (TPSA) is 114 Å². The summed E-state index contributed by atoms with van der Waals surface area (Å²) in [4.78, 5) is 23.4. The molecule has 200 valence electrons. The quantitative estimate of drug-likeness (QED) is 0.0956. The monoisotopic (exact) mass is 553 g/mol. The summed E-state index contributed by atoms with van der Waals surface area (Å²) in [5.74, 6) is 0.381. The molecule has 8 nitrogen and oxygen atoms in total. The van der Waals surface area contributed by atoms with Crippen LogP contribution in [0.4, 0.5) is 11.4 Å². The van der Waals surface area contributed by atoms with Crippen molar-refractivity contribution in [3.05, 3.63) is 134 Å². The molecule has 0 spiro atoms. The summed E-state index contributed by atoms with van der Waals surface area (Å²) in [5, 5.41) is 23.8. The molecule has 1 N–H and O–H groups in total. The van der Waals surface area contributed by atoms with Gasteiger partial charge in [-0.25, -0.2) is 0 Å². The number of nitrogens with one attached hydrogen (secondary N) is 1. The highest BCUT2D eigenvalue weighted by Crippen LogP contribution is 2.27. The molecule has 0 saturated heterocycles. The molecule has 0 atom stereocenters. The minimum absolute atomic E-state index is 0.0383. The average Bonchev–Trinajstić information content (AvgIpc) is 2.96. The zero-order valence-electron chi connectivity index (χ0n) is 21.5. The van der Waals surface area contributed by atoms with Crippen LogP contribution in [0.25, 0.3) is 6.08 Å². The van der Waals surface area contributed by atoms with Crippen molar-refractivity contribution in [2.45, 2.75) is 20.1 Å². The van der Waals surface area contributed by atoms with E-state index in [4.69, 9.17) is 21.1 Å². The Morgan fingerprint density at radius 3 is 2.40 bits per heavy atom. The van der Waals surface area contributed by atoms with Crippen molar-refractivity contribution < 1.29 is 19.2 Å². The summed E-state index contributed by atoms with van der Waals surface area (Å²) in [5.41, 5.74) is 3.49. The molecule has 0 bridgehead atoms. The molecule has 0 radical (unpaired) electrons. The SMILES string of the molecule is Cc1ccc(COc2ccc(NC(=O)/C(C#N)=C/c3cc(Cl)ccc3OCc3cccc([N+](=O)[O-])c3)cc2)cc1. The highest BCUT2D eigenvalue weighted by molar-refractivity contribution is 6.30. The lowest BCUT2D eigenvalue weighted by Gasteiger charge is -2.11. The van der Waals surface area contributed by atoms with Crippen LogP contribution in [0.3, 0.4) is 0 Å². The first-order valence-corrected chi connectivity index (χ1v) is 12.6. The number of carbonyl (C=O) groups is 1. The van der Waals surface area contributed by atoms with Gasteiger partial charge in [0.2, 0.25) is 0 Å². The molecule has 4 aromatic carbocycles. The number of aryl methyl sites for hydroxylation is 1. The van der Waals surface area contributed by atoms with Crippen molar-refractivity contribution in [2.24, 2.45) is 0 Å². The van der Waals surface area contributed by atoms with Gasteiger partial charge < -0.3 is 14.8 Å². The third-order valence-electron chi connectivity index (χ3n) is 5.79. The van der Waals surface area contributed by atoms with Gasteiger partial charge in [0.25, 0.3) is 11.6 Å². The molecule has 1 amide bonds. The van der Waals surface area contributed by atoms with E-state index < -0.39 is 10.8 Å². The lowest BCUT2D eigenvalue weighted by atomic mass is 10.1. The lowest BCUT2D eigenvalue weighted by Crippen LogP contribution is -2.13. The minimum atomic E-state index is -0.611. The molecule has 0 fully saturated rings. The van der Waals surface area contributed by atoms with Crippen molar-refractivity contribution in [3.8, 4) is 17.6 Å². The number of carbonyl (C=O) groups excluding carboxylic acids is 1. The zero-order valence-corrected chi connectivity index (χ0v) is 22.2. The molecule has 0 aliphatic carbocycles. The Morgan fingerprint density at radius 1 is 0.975 bits per heavy atom. The van der Waals surface area contributed by atoms with Crippen LogP contribution in [0.2, 0.25) is 5.02 Å². The predicted molar refractivity (Wildman–Crippen MR) is 153 cm³/mol. The van der Waals surface area contributed by atoms with Gasteiger partial charge in [0.1, 0.15) is 36.4 Å². The Balaban J connectivity index is 1.43. The first-order chi connectivity index (χ1) is 19.3. The van der Waals surface area contributed by atoms with Gasteiger partial charge in [-0.2, -0.15) is 5.26 Å². The van der Waals surface area contributed by atoms with Crippen molar-refractivity contribution in [1.82, 2.24) is 0 Å². The normalized spacial score (nSPS) is 10.9. The number of hydrogen-bond donors (Lipinski definition) is 1. The molecular weight excluding hydrogens is 530 g/mol. The van der Waals surface area contributed by atoms with Crippen molar-refractivity contribution in [3.63, 3.8) is 0 Å². The summed E-state index contributed by atoms with van der Waals surface area (Å²) in [7, 11) is 0. The van der Waals surface area contributed by atoms with Crippen LogP contribution < -0.4 is 14.8 Å². The predicted octanol–water partition coefficient (Wildman–Crippen LogP) is 7.26. The van der Waals surface area contributed by atoms with Crippen LogP contribution in [0.15, 0.2) is 96.6 Å². The number of non-ortho nitro benzene ring substituents is 1. The fourth-order valence-corrected chi connectivity index (χ4v) is 3.85. The second-order valence-electron chi connectivity index (χ2n) is 8.82. The fraction of sp³-hybridized carbons (Fsp3) is 0.0968. The van der Waals surface area contributed by atoms with Crippen LogP contribution >= 0.6 is 11.6 Å². The first kappa shape index (κ1) is 27.9. The summed E-state index contributed by atoms with van der Waals surface area (Å²) in [6, 6.07) is 27.7. The second kappa shape index (κ2) is 13.1. The third-order valence-corrected chi connectivity index (χ3v) is 6.03.